The van der Waals surface area contributed by atoms with Gasteiger partial charge in [0.1, 0.15) is 0 Å². The highest BCUT2D eigenvalue weighted by Gasteiger charge is 2.21. The maximum Gasteiger partial charge on any atom is 0.252 e. The summed E-state index contributed by atoms with van der Waals surface area (Å²) in [6, 6.07) is 16.5. The maximum atomic E-state index is 13.0. The number of pyridine rings is 1. The highest BCUT2D eigenvalue weighted by Crippen LogP contribution is 2.20. The summed E-state index contributed by atoms with van der Waals surface area (Å²) in [5.74, 6) is 0.774. The number of tetrazole rings is 1. The van der Waals surface area contributed by atoms with Gasteiger partial charge in [0.2, 0.25) is 0 Å². The molecular weight excluding hydrogens is 428 g/mol. The molecular formula is C26H30N6O2. The van der Waals surface area contributed by atoms with Gasteiger partial charge in [0, 0.05) is 36.2 Å². The van der Waals surface area contributed by atoms with Crippen molar-refractivity contribution in [2.75, 3.05) is 6.61 Å². The van der Waals surface area contributed by atoms with Crippen molar-refractivity contribution in [3.8, 4) is 0 Å². The van der Waals surface area contributed by atoms with Crippen LogP contribution >= 0.6 is 0 Å². The highest BCUT2D eigenvalue weighted by atomic mass is 16.5. The summed E-state index contributed by atoms with van der Waals surface area (Å²) in [4.78, 5) is 18.3. The van der Waals surface area contributed by atoms with Crippen LogP contribution in [0.5, 0.6) is 0 Å². The molecule has 1 aliphatic rings. The number of rotatable bonds is 8. The molecule has 176 valence electrons. The van der Waals surface area contributed by atoms with Gasteiger partial charge in [-0.15, -0.1) is 5.10 Å². The molecule has 2 aromatic heterocycles. The Morgan fingerprint density at radius 2 is 1.97 bits per heavy atom. The first-order valence-corrected chi connectivity index (χ1v) is 11.8. The van der Waals surface area contributed by atoms with Crippen LogP contribution in [-0.4, -0.2) is 42.8 Å². The fourth-order valence-electron chi connectivity index (χ4n) is 4.74. The standard InChI is InChI=1S/C26H30N6O2/c1-18-11-19(2)23-13-21(26(33)27-24(23)12-18)15-31(14-20-7-4-3-5-8-20)17-25-28-29-30-32(25)16-22-9-6-10-34-22/h3-5,7-8,11-13,22H,6,9-10,14-17H2,1-2H3,(H,27,33). The van der Waals surface area contributed by atoms with Crippen LogP contribution in [0.2, 0.25) is 0 Å². The topological polar surface area (TPSA) is 88.9 Å². The summed E-state index contributed by atoms with van der Waals surface area (Å²) in [5.41, 5.74) is 5.01. The molecule has 2 aromatic carbocycles. The zero-order valence-electron chi connectivity index (χ0n) is 19.7. The van der Waals surface area contributed by atoms with Crippen LogP contribution in [0, 0.1) is 13.8 Å². The molecule has 3 heterocycles. The van der Waals surface area contributed by atoms with Gasteiger partial charge in [0.05, 0.1) is 19.2 Å². The van der Waals surface area contributed by atoms with Crippen molar-refractivity contribution in [3.63, 3.8) is 0 Å². The number of nitrogens with one attached hydrogen (secondary N) is 1. The van der Waals surface area contributed by atoms with Crippen LogP contribution in [0.1, 0.15) is 40.9 Å². The third kappa shape index (κ3) is 5.08. The normalized spacial score (nSPS) is 16.0. The first kappa shape index (κ1) is 22.4. The third-order valence-electron chi connectivity index (χ3n) is 6.40. The average Bonchev–Trinajstić information content (AvgIpc) is 3.48. The number of aryl methyl sites for hydroxylation is 2. The Labute approximate surface area is 198 Å². The van der Waals surface area contributed by atoms with Crippen molar-refractivity contribution >= 4 is 10.9 Å². The molecule has 0 amide bonds. The van der Waals surface area contributed by atoms with Gasteiger partial charge in [-0.1, -0.05) is 36.4 Å². The van der Waals surface area contributed by atoms with E-state index in [9.17, 15) is 4.79 Å². The maximum absolute atomic E-state index is 13.0. The molecule has 34 heavy (non-hydrogen) atoms. The number of fused-ring (bicyclic) bond motifs is 1. The van der Waals surface area contributed by atoms with E-state index in [0.29, 0.717) is 26.2 Å². The van der Waals surface area contributed by atoms with Gasteiger partial charge >= 0.3 is 0 Å². The van der Waals surface area contributed by atoms with E-state index < -0.39 is 0 Å². The predicted molar refractivity (Wildman–Crippen MR) is 130 cm³/mol. The van der Waals surface area contributed by atoms with E-state index in [-0.39, 0.29) is 11.7 Å². The summed E-state index contributed by atoms with van der Waals surface area (Å²) in [6.07, 6.45) is 2.25. The molecule has 1 atom stereocenters. The lowest BCUT2D eigenvalue weighted by Gasteiger charge is -2.22. The first-order valence-electron chi connectivity index (χ1n) is 11.8. The van der Waals surface area contributed by atoms with Gasteiger partial charge in [-0.25, -0.2) is 4.68 Å². The Balaban J connectivity index is 1.43. The monoisotopic (exact) mass is 458 g/mol. The zero-order chi connectivity index (χ0) is 23.5. The minimum atomic E-state index is -0.0606. The molecule has 1 aliphatic heterocycles. The fourth-order valence-corrected chi connectivity index (χ4v) is 4.74. The van der Waals surface area contributed by atoms with Crippen molar-refractivity contribution in [1.82, 2.24) is 30.1 Å². The molecule has 0 saturated carbocycles. The summed E-state index contributed by atoms with van der Waals surface area (Å²) < 4.78 is 7.62. The summed E-state index contributed by atoms with van der Waals surface area (Å²) >= 11 is 0. The minimum absolute atomic E-state index is 0.0606. The predicted octanol–water partition coefficient (Wildman–Crippen LogP) is 3.51. The molecule has 0 radical (unpaired) electrons. The van der Waals surface area contributed by atoms with Crippen molar-refractivity contribution in [2.24, 2.45) is 0 Å². The summed E-state index contributed by atoms with van der Waals surface area (Å²) in [6.45, 7) is 7.26. The summed E-state index contributed by atoms with van der Waals surface area (Å²) in [5, 5.41) is 13.5. The largest absolute Gasteiger partial charge is 0.376 e. The molecule has 1 N–H and O–H groups in total. The molecule has 0 aliphatic carbocycles. The van der Waals surface area contributed by atoms with E-state index in [4.69, 9.17) is 4.74 Å². The van der Waals surface area contributed by atoms with Crippen LogP contribution in [0.3, 0.4) is 0 Å². The summed E-state index contributed by atoms with van der Waals surface area (Å²) in [7, 11) is 0. The van der Waals surface area contributed by atoms with Crippen molar-refractivity contribution in [2.45, 2.75) is 59.0 Å². The second-order valence-corrected chi connectivity index (χ2v) is 9.21. The van der Waals surface area contributed by atoms with Gasteiger partial charge in [0.25, 0.3) is 5.56 Å². The molecule has 5 rings (SSSR count). The van der Waals surface area contributed by atoms with Crippen LogP contribution < -0.4 is 5.56 Å². The van der Waals surface area contributed by atoms with Crippen LogP contribution in [-0.2, 0) is 30.9 Å². The van der Waals surface area contributed by atoms with Crippen LogP contribution in [0.4, 0.5) is 0 Å². The second kappa shape index (κ2) is 9.87. The first-order chi connectivity index (χ1) is 16.5. The Hall–Kier alpha value is -3.36. The number of ether oxygens (including phenoxy) is 1. The van der Waals surface area contributed by atoms with E-state index in [2.05, 4.69) is 50.5 Å². The third-order valence-corrected chi connectivity index (χ3v) is 6.40. The van der Waals surface area contributed by atoms with Crippen LogP contribution in [0.25, 0.3) is 10.9 Å². The molecule has 1 unspecified atom stereocenters. The lowest BCUT2D eigenvalue weighted by Crippen LogP contribution is -2.29. The highest BCUT2D eigenvalue weighted by molar-refractivity contribution is 5.83. The minimum Gasteiger partial charge on any atom is -0.376 e. The Morgan fingerprint density at radius 3 is 2.76 bits per heavy atom. The fraction of sp³-hybridized carbons (Fsp3) is 0.385. The molecule has 4 aromatic rings. The van der Waals surface area contributed by atoms with E-state index in [0.717, 1.165) is 52.9 Å². The van der Waals surface area contributed by atoms with Crippen molar-refractivity contribution in [3.05, 3.63) is 87.0 Å². The lowest BCUT2D eigenvalue weighted by molar-refractivity contribution is 0.0914. The van der Waals surface area contributed by atoms with Crippen molar-refractivity contribution < 1.29 is 4.74 Å². The second-order valence-electron chi connectivity index (χ2n) is 9.21. The number of hydrogen-bond donors (Lipinski definition) is 1. The molecule has 8 heteroatoms. The number of aromatic amines is 1. The number of aromatic nitrogens is 5. The van der Waals surface area contributed by atoms with Gasteiger partial charge in [-0.3, -0.25) is 9.69 Å². The van der Waals surface area contributed by atoms with E-state index in [1.807, 2.05) is 41.9 Å². The molecule has 1 fully saturated rings. The Bertz CT molecular complexity index is 1320. The van der Waals surface area contributed by atoms with E-state index >= 15 is 0 Å². The number of nitrogens with zero attached hydrogens (tertiary/aromatic N) is 5. The van der Waals surface area contributed by atoms with Gasteiger partial charge in [0.15, 0.2) is 5.82 Å². The van der Waals surface area contributed by atoms with Gasteiger partial charge in [-0.2, -0.15) is 0 Å². The Kier molecular flexibility index (Phi) is 6.51. The Morgan fingerprint density at radius 1 is 1.12 bits per heavy atom. The quantitative estimate of drug-likeness (QED) is 0.435. The smallest absolute Gasteiger partial charge is 0.252 e. The molecule has 8 nitrogen and oxygen atoms in total. The van der Waals surface area contributed by atoms with Crippen molar-refractivity contribution in [1.29, 1.82) is 0 Å². The number of hydrogen-bond acceptors (Lipinski definition) is 6. The average molecular weight is 459 g/mol. The molecule has 1 saturated heterocycles. The van der Waals surface area contributed by atoms with Crippen LogP contribution in [0.15, 0.2) is 53.3 Å². The lowest BCUT2D eigenvalue weighted by atomic mass is 10.0. The van der Waals surface area contributed by atoms with Gasteiger partial charge < -0.3 is 9.72 Å². The number of H-pyrrole nitrogens is 1. The number of benzene rings is 2. The zero-order valence-corrected chi connectivity index (χ0v) is 19.7. The van der Waals surface area contributed by atoms with E-state index in [1.165, 1.54) is 5.56 Å². The molecule has 0 bridgehead atoms. The molecule has 0 spiro atoms. The van der Waals surface area contributed by atoms with E-state index in [1.54, 1.807) is 0 Å². The van der Waals surface area contributed by atoms with Gasteiger partial charge in [-0.05, 0) is 65.9 Å². The SMILES string of the molecule is Cc1cc(C)c2cc(CN(Cc3ccccc3)Cc3nnnn3CC3CCCO3)c(=O)[nH]c2c1.